The molecule has 0 heterocycles. The molecule has 0 aliphatic carbocycles. The monoisotopic (exact) mass is 380 g/mol. The summed E-state index contributed by atoms with van der Waals surface area (Å²) in [6, 6.07) is 5.69. The molecule has 138 valence electrons. The average molecular weight is 381 g/mol. The Hall–Kier alpha value is -2.29. The van der Waals surface area contributed by atoms with E-state index in [-0.39, 0.29) is 12.0 Å². The van der Waals surface area contributed by atoms with Crippen molar-refractivity contribution in [2.45, 2.75) is 31.5 Å². The van der Waals surface area contributed by atoms with Crippen LogP contribution in [0.2, 0.25) is 5.02 Å². The van der Waals surface area contributed by atoms with E-state index in [0.29, 0.717) is 5.02 Å². The molecule has 0 bridgehead atoms. The second-order valence-corrected chi connectivity index (χ2v) is 5.62. The van der Waals surface area contributed by atoms with Crippen molar-refractivity contribution in [3.63, 3.8) is 0 Å². The zero-order valence-electron chi connectivity index (χ0n) is 13.1. The zero-order valence-corrected chi connectivity index (χ0v) is 13.9. The van der Waals surface area contributed by atoms with E-state index in [9.17, 15) is 32.7 Å². The van der Waals surface area contributed by atoms with Gasteiger partial charge in [0.15, 0.2) is 5.54 Å². The number of hydrogen-bond acceptors (Lipinski definition) is 3. The van der Waals surface area contributed by atoms with Gasteiger partial charge < -0.3 is 15.7 Å². The average Bonchev–Trinajstić information content (AvgIpc) is 2.50. The Bertz CT molecular complexity index is 649. The first kappa shape index (κ1) is 20.8. The largest absolute Gasteiger partial charge is 0.479 e. The normalized spacial score (nSPS) is 13.6. The van der Waals surface area contributed by atoms with Crippen molar-refractivity contribution in [2.75, 3.05) is 6.54 Å². The minimum atomic E-state index is -4.61. The first-order valence-electron chi connectivity index (χ1n) is 7.14. The van der Waals surface area contributed by atoms with Gasteiger partial charge in [0, 0.05) is 5.02 Å². The van der Waals surface area contributed by atoms with Crippen molar-refractivity contribution in [3.8, 4) is 0 Å². The van der Waals surface area contributed by atoms with Gasteiger partial charge in [-0.3, -0.25) is 9.59 Å². The number of halogens is 4. The molecule has 1 unspecified atom stereocenters. The molecular weight excluding hydrogens is 365 g/mol. The molecule has 0 aromatic heterocycles. The van der Waals surface area contributed by atoms with Gasteiger partial charge >= 0.3 is 12.1 Å². The molecule has 3 N–H and O–H groups in total. The van der Waals surface area contributed by atoms with Crippen LogP contribution in [-0.4, -0.2) is 35.6 Å². The predicted octanol–water partition coefficient (Wildman–Crippen LogP) is 2.21. The van der Waals surface area contributed by atoms with Crippen LogP contribution < -0.4 is 10.6 Å². The lowest BCUT2D eigenvalue weighted by atomic mass is 9.87. The Kier molecular flexibility index (Phi) is 6.80. The molecule has 0 aliphatic heterocycles. The Morgan fingerprint density at radius 1 is 1.12 bits per heavy atom. The highest BCUT2D eigenvalue weighted by Gasteiger charge is 2.40. The summed E-state index contributed by atoms with van der Waals surface area (Å²) < 4.78 is 36.1. The smallest absolute Gasteiger partial charge is 0.405 e. The van der Waals surface area contributed by atoms with Gasteiger partial charge in [-0.05, 0) is 24.1 Å². The molecule has 0 fully saturated rings. The number of alkyl halides is 3. The molecule has 2 amide bonds. The molecule has 0 spiro atoms. The highest BCUT2D eigenvalue weighted by atomic mass is 35.5. The number of carboxylic acid groups (broad SMARTS) is 1. The third-order valence-corrected chi connectivity index (χ3v) is 3.64. The predicted molar refractivity (Wildman–Crippen MR) is 82.9 cm³/mol. The SMILES string of the molecule is CCC(NC(=O)CC(=O)NCC(F)(F)F)(C(=O)O)c1ccc(Cl)cc1. The second kappa shape index (κ2) is 8.19. The molecule has 1 atom stereocenters. The van der Waals surface area contributed by atoms with E-state index in [1.807, 2.05) is 0 Å². The molecule has 0 aliphatic rings. The number of carboxylic acids is 1. The van der Waals surface area contributed by atoms with Crippen molar-refractivity contribution in [1.29, 1.82) is 0 Å². The number of carbonyl (C=O) groups is 3. The summed E-state index contributed by atoms with van der Waals surface area (Å²) in [6.07, 6.45) is -5.59. The van der Waals surface area contributed by atoms with Crippen LogP contribution in [0.5, 0.6) is 0 Å². The number of nitrogens with one attached hydrogen (secondary N) is 2. The lowest BCUT2D eigenvalue weighted by molar-refractivity contribution is -0.149. The molecule has 0 radical (unpaired) electrons. The second-order valence-electron chi connectivity index (χ2n) is 5.19. The molecule has 1 rings (SSSR count). The van der Waals surface area contributed by atoms with Crippen LogP contribution in [0.25, 0.3) is 0 Å². The standard InChI is InChI=1S/C15H16ClF3N2O4/c1-2-14(13(24)25,9-3-5-10(16)6-4-9)21-12(23)7-11(22)20-8-15(17,18)19/h3-6H,2,7-8H2,1H3,(H,20,22)(H,21,23)(H,24,25). The first-order chi connectivity index (χ1) is 11.5. The summed E-state index contributed by atoms with van der Waals surface area (Å²) in [7, 11) is 0. The van der Waals surface area contributed by atoms with Gasteiger partial charge in [0.2, 0.25) is 11.8 Å². The third kappa shape index (κ3) is 5.93. The van der Waals surface area contributed by atoms with Crippen molar-refractivity contribution >= 4 is 29.4 Å². The number of carbonyl (C=O) groups excluding carboxylic acids is 2. The number of benzene rings is 1. The van der Waals surface area contributed by atoms with Crippen LogP contribution in [0.4, 0.5) is 13.2 Å². The number of amides is 2. The van der Waals surface area contributed by atoms with E-state index >= 15 is 0 Å². The number of rotatable bonds is 7. The molecule has 1 aromatic rings. The lowest BCUT2D eigenvalue weighted by Crippen LogP contribution is -2.52. The molecule has 1 aromatic carbocycles. The van der Waals surface area contributed by atoms with Crippen LogP contribution in [-0.2, 0) is 19.9 Å². The minimum Gasteiger partial charge on any atom is -0.479 e. The first-order valence-corrected chi connectivity index (χ1v) is 7.52. The molecule has 6 nitrogen and oxygen atoms in total. The fourth-order valence-electron chi connectivity index (χ4n) is 2.12. The summed E-state index contributed by atoms with van der Waals surface area (Å²) in [5.41, 5.74) is -1.61. The van der Waals surface area contributed by atoms with Crippen molar-refractivity contribution in [3.05, 3.63) is 34.9 Å². The molecule has 10 heteroatoms. The summed E-state index contributed by atoms with van der Waals surface area (Å²) in [4.78, 5) is 35.1. The fourth-order valence-corrected chi connectivity index (χ4v) is 2.24. The number of hydrogen-bond donors (Lipinski definition) is 3. The lowest BCUT2D eigenvalue weighted by Gasteiger charge is -2.30. The van der Waals surface area contributed by atoms with Crippen LogP contribution in [0.3, 0.4) is 0 Å². The highest BCUT2D eigenvalue weighted by molar-refractivity contribution is 6.30. The van der Waals surface area contributed by atoms with Gasteiger partial charge in [0.1, 0.15) is 13.0 Å². The number of aliphatic carboxylic acids is 1. The Balaban J connectivity index is 2.89. The Labute approximate surface area is 146 Å². The summed E-state index contributed by atoms with van der Waals surface area (Å²) in [6.45, 7) is -0.0686. The maximum Gasteiger partial charge on any atom is 0.405 e. The van der Waals surface area contributed by atoms with Gasteiger partial charge in [0.25, 0.3) is 0 Å². The molecular formula is C15H16ClF3N2O4. The van der Waals surface area contributed by atoms with Crippen LogP contribution >= 0.6 is 11.6 Å². The van der Waals surface area contributed by atoms with E-state index in [0.717, 1.165) is 0 Å². The van der Waals surface area contributed by atoms with Crippen molar-refractivity contribution in [1.82, 2.24) is 10.6 Å². The maximum absolute atomic E-state index is 12.0. The van der Waals surface area contributed by atoms with Gasteiger partial charge in [-0.25, -0.2) is 4.79 Å². The topological polar surface area (TPSA) is 95.5 Å². The van der Waals surface area contributed by atoms with Gasteiger partial charge in [0.05, 0.1) is 0 Å². The third-order valence-electron chi connectivity index (χ3n) is 3.39. The van der Waals surface area contributed by atoms with Crippen LogP contribution in [0.1, 0.15) is 25.3 Å². The van der Waals surface area contributed by atoms with E-state index in [2.05, 4.69) is 5.32 Å². The highest BCUT2D eigenvalue weighted by Crippen LogP contribution is 2.27. The fraction of sp³-hybridized carbons (Fsp3) is 0.400. The van der Waals surface area contributed by atoms with E-state index < -0.39 is 42.5 Å². The quantitative estimate of drug-likeness (QED) is 0.632. The van der Waals surface area contributed by atoms with Crippen molar-refractivity contribution in [2.24, 2.45) is 0 Å². The molecule has 0 saturated heterocycles. The van der Waals surface area contributed by atoms with E-state index in [1.54, 1.807) is 5.32 Å². The summed E-state index contributed by atoms with van der Waals surface area (Å²) in [5.74, 6) is -3.55. The molecule has 25 heavy (non-hydrogen) atoms. The van der Waals surface area contributed by atoms with E-state index in [1.165, 1.54) is 31.2 Å². The van der Waals surface area contributed by atoms with Crippen molar-refractivity contribution < 1.29 is 32.7 Å². The van der Waals surface area contributed by atoms with Gasteiger partial charge in [-0.2, -0.15) is 13.2 Å². The maximum atomic E-state index is 12.0. The van der Waals surface area contributed by atoms with Crippen LogP contribution in [0.15, 0.2) is 24.3 Å². The molecule has 0 saturated carbocycles. The van der Waals surface area contributed by atoms with Gasteiger partial charge in [-0.15, -0.1) is 0 Å². The Morgan fingerprint density at radius 3 is 2.12 bits per heavy atom. The van der Waals surface area contributed by atoms with Gasteiger partial charge in [-0.1, -0.05) is 30.7 Å². The zero-order chi connectivity index (χ0) is 19.3. The van der Waals surface area contributed by atoms with E-state index in [4.69, 9.17) is 11.6 Å². The Morgan fingerprint density at radius 2 is 1.68 bits per heavy atom. The minimum absolute atomic E-state index is 0.0557. The van der Waals surface area contributed by atoms with Crippen LogP contribution in [0, 0.1) is 0 Å². The summed E-state index contributed by atoms with van der Waals surface area (Å²) >= 11 is 5.75. The summed E-state index contributed by atoms with van der Waals surface area (Å²) in [5, 5.41) is 13.7.